The molecule has 9 heteroatoms. The molecule has 4 atom stereocenters. The number of benzene rings is 1. The molecule has 0 saturated heterocycles. The molecular weight excluding hydrogens is 452 g/mol. The van der Waals surface area contributed by atoms with Gasteiger partial charge in [0.2, 0.25) is 5.78 Å². The van der Waals surface area contributed by atoms with Crippen LogP contribution in [0.5, 0.6) is 5.75 Å². The van der Waals surface area contributed by atoms with Crippen molar-refractivity contribution < 1.29 is 34.8 Å². The maximum absolute atomic E-state index is 13.8. The minimum atomic E-state index is -2.63. The third-order valence-corrected chi connectivity index (χ3v) is 7.75. The van der Waals surface area contributed by atoms with Gasteiger partial charge in [0.05, 0.1) is 11.6 Å². The highest BCUT2D eigenvalue weighted by Crippen LogP contribution is 2.53. The molecule has 1 fully saturated rings. The van der Waals surface area contributed by atoms with Crippen molar-refractivity contribution in [3.05, 3.63) is 45.2 Å². The number of phenols is 1. The van der Waals surface area contributed by atoms with Gasteiger partial charge in [-0.2, -0.15) is 0 Å². The van der Waals surface area contributed by atoms with Crippen LogP contribution in [0.2, 0.25) is 0 Å². The second-order valence-electron chi connectivity index (χ2n) is 11.2. The van der Waals surface area contributed by atoms with E-state index in [0.29, 0.717) is 17.5 Å². The number of fused-ring (bicyclic) bond motifs is 3. The van der Waals surface area contributed by atoms with Gasteiger partial charge in [0, 0.05) is 17.1 Å². The van der Waals surface area contributed by atoms with E-state index in [4.69, 9.17) is 5.73 Å². The molecule has 4 rings (SSSR count). The van der Waals surface area contributed by atoms with Gasteiger partial charge in [0.15, 0.2) is 11.4 Å². The van der Waals surface area contributed by atoms with E-state index in [1.165, 1.54) is 4.90 Å². The van der Waals surface area contributed by atoms with Gasteiger partial charge in [-0.25, -0.2) is 0 Å². The highest BCUT2D eigenvalue weighted by molar-refractivity contribution is 6.24. The predicted octanol–water partition coefficient (Wildman–Crippen LogP) is 1.57. The molecule has 3 aliphatic carbocycles. The number of rotatable bonds is 2. The van der Waals surface area contributed by atoms with E-state index < -0.39 is 63.5 Å². The highest BCUT2D eigenvalue weighted by atomic mass is 16.3. The largest absolute Gasteiger partial charge is 0.508 e. The van der Waals surface area contributed by atoms with Crippen LogP contribution in [0.1, 0.15) is 49.4 Å². The zero-order valence-corrected chi connectivity index (χ0v) is 20.8. The Morgan fingerprint density at radius 3 is 2.29 bits per heavy atom. The number of hydrogen-bond donors (Lipinski definition) is 5. The van der Waals surface area contributed by atoms with Crippen LogP contribution in [0.25, 0.3) is 5.76 Å². The highest BCUT2D eigenvalue weighted by Gasteiger charge is 2.64. The molecule has 3 aliphatic rings. The first-order valence-electron chi connectivity index (χ1n) is 11.6. The molecular formula is C26H32N2O7. The Balaban J connectivity index is 2.00. The van der Waals surface area contributed by atoms with Crippen molar-refractivity contribution in [3.8, 4) is 5.75 Å². The van der Waals surface area contributed by atoms with Crippen LogP contribution in [-0.2, 0) is 26.2 Å². The van der Waals surface area contributed by atoms with Crippen molar-refractivity contribution in [2.45, 2.75) is 57.6 Å². The molecule has 6 N–H and O–H groups in total. The lowest BCUT2D eigenvalue weighted by Gasteiger charge is -2.50. The number of carbonyl (C=O) groups excluding carboxylic acids is 3. The summed E-state index contributed by atoms with van der Waals surface area (Å²) in [6.07, 6.45) is 0.366. The molecule has 9 nitrogen and oxygen atoms in total. The number of primary amides is 1. The second kappa shape index (κ2) is 7.66. The van der Waals surface area contributed by atoms with Crippen LogP contribution < -0.4 is 5.73 Å². The number of carbonyl (C=O) groups is 3. The first-order chi connectivity index (χ1) is 16.0. The lowest BCUT2D eigenvalue weighted by Crippen LogP contribution is -2.65. The summed E-state index contributed by atoms with van der Waals surface area (Å²) in [5.41, 5.74) is 3.54. The molecule has 1 amide bonds. The molecule has 0 spiro atoms. The summed E-state index contributed by atoms with van der Waals surface area (Å²) in [6, 6.07) is 0.777. The Bertz CT molecular complexity index is 1250. The quantitative estimate of drug-likeness (QED) is 0.395. The van der Waals surface area contributed by atoms with Crippen molar-refractivity contribution in [1.29, 1.82) is 0 Å². The third-order valence-electron chi connectivity index (χ3n) is 7.75. The number of phenolic OH excluding ortho intramolecular Hbond substituents is 1. The van der Waals surface area contributed by atoms with Crippen LogP contribution in [0.15, 0.2) is 23.0 Å². The zero-order chi connectivity index (χ0) is 26.4. The Morgan fingerprint density at radius 2 is 1.77 bits per heavy atom. The molecule has 1 saturated carbocycles. The fourth-order valence-corrected chi connectivity index (χ4v) is 6.07. The SMILES string of the molecule is Cc1cc(C(C)(C)C)c(O)c2c1CC1CC3C(N(C)C)C(=O)C(C(N)=O)=C(O)C3(O)C(=O)C1=C2O. The maximum Gasteiger partial charge on any atom is 0.255 e. The summed E-state index contributed by atoms with van der Waals surface area (Å²) in [7, 11) is 3.15. The van der Waals surface area contributed by atoms with E-state index in [0.717, 1.165) is 5.56 Å². The minimum absolute atomic E-state index is 0.0764. The van der Waals surface area contributed by atoms with E-state index in [9.17, 15) is 34.8 Å². The number of likely N-dealkylation sites (N-methyl/N-ethyl adjacent to an activating group) is 1. The third kappa shape index (κ3) is 3.25. The number of ketones is 2. The summed E-state index contributed by atoms with van der Waals surface area (Å²) in [5.74, 6) is -6.37. The molecule has 0 bridgehead atoms. The number of aromatic hydroxyl groups is 1. The number of Topliss-reactive ketones (excluding diaryl/α,β-unsaturated/α-hetero) is 2. The van der Waals surface area contributed by atoms with Crippen molar-refractivity contribution in [2.24, 2.45) is 17.6 Å². The number of aliphatic hydroxyl groups excluding tert-OH is 2. The monoisotopic (exact) mass is 484 g/mol. The standard InChI is InChI=1S/C26H32N2O7/c1-10-7-14(25(2,3)4)19(29)16-12(10)8-11-9-13-18(28(5)6)21(31)17(24(27)34)23(33)26(13,35)22(32)15(11)20(16)30/h7,11,13,18,29-30,33,35H,8-9H2,1-6H3,(H2,27,34). The average Bonchev–Trinajstić information content (AvgIpc) is 2.71. The van der Waals surface area contributed by atoms with Crippen molar-refractivity contribution in [2.75, 3.05) is 14.1 Å². The van der Waals surface area contributed by atoms with Gasteiger partial charge in [-0.1, -0.05) is 26.8 Å². The molecule has 1 aromatic carbocycles. The van der Waals surface area contributed by atoms with Crippen LogP contribution >= 0.6 is 0 Å². The van der Waals surface area contributed by atoms with Crippen LogP contribution in [0.4, 0.5) is 0 Å². The first kappa shape index (κ1) is 24.9. The molecule has 4 unspecified atom stereocenters. The summed E-state index contributed by atoms with van der Waals surface area (Å²) >= 11 is 0. The molecule has 188 valence electrons. The summed E-state index contributed by atoms with van der Waals surface area (Å²) in [5, 5.41) is 45.0. The van der Waals surface area contributed by atoms with Crippen molar-refractivity contribution in [3.63, 3.8) is 0 Å². The van der Waals surface area contributed by atoms with Crippen LogP contribution in [0.3, 0.4) is 0 Å². The molecule has 0 radical (unpaired) electrons. The fraction of sp³-hybridized carbons (Fsp3) is 0.500. The lowest BCUT2D eigenvalue weighted by atomic mass is 9.57. The number of hydrogen-bond acceptors (Lipinski definition) is 8. The zero-order valence-electron chi connectivity index (χ0n) is 20.8. The maximum atomic E-state index is 13.8. The summed E-state index contributed by atoms with van der Waals surface area (Å²) < 4.78 is 0. The van der Waals surface area contributed by atoms with Crippen LogP contribution in [-0.4, -0.2) is 68.5 Å². The molecule has 35 heavy (non-hydrogen) atoms. The Morgan fingerprint density at radius 1 is 1.17 bits per heavy atom. The lowest BCUT2D eigenvalue weighted by molar-refractivity contribution is -0.153. The van der Waals surface area contributed by atoms with E-state index in [2.05, 4.69) is 0 Å². The number of nitrogens with zero attached hydrogens (tertiary/aromatic N) is 1. The molecule has 0 aliphatic heterocycles. The Labute approximate surface area is 203 Å². The molecule has 0 heterocycles. The van der Waals surface area contributed by atoms with E-state index in [-0.39, 0.29) is 23.3 Å². The summed E-state index contributed by atoms with van der Waals surface area (Å²) in [4.78, 5) is 40.5. The first-order valence-corrected chi connectivity index (χ1v) is 11.6. The number of aliphatic hydroxyl groups is 3. The normalized spacial score (nSPS) is 28.7. The van der Waals surface area contributed by atoms with E-state index in [1.807, 2.05) is 33.8 Å². The van der Waals surface area contributed by atoms with Crippen molar-refractivity contribution >= 4 is 23.2 Å². The Kier molecular flexibility index (Phi) is 5.46. The summed E-state index contributed by atoms with van der Waals surface area (Å²) in [6.45, 7) is 7.61. The smallest absolute Gasteiger partial charge is 0.255 e. The minimum Gasteiger partial charge on any atom is -0.508 e. The van der Waals surface area contributed by atoms with Gasteiger partial charge in [-0.3, -0.25) is 19.3 Å². The fourth-order valence-electron chi connectivity index (χ4n) is 6.07. The topological polar surface area (TPSA) is 161 Å². The van der Waals surface area contributed by atoms with Gasteiger partial charge >= 0.3 is 0 Å². The number of nitrogens with two attached hydrogens (primary N) is 1. The van der Waals surface area contributed by atoms with Gasteiger partial charge in [-0.05, 0) is 56.3 Å². The van der Waals surface area contributed by atoms with E-state index in [1.54, 1.807) is 14.1 Å². The number of amides is 1. The average molecular weight is 485 g/mol. The Hall–Kier alpha value is -3.17. The molecule has 1 aromatic rings. The predicted molar refractivity (Wildman–Crippen MR) is 128 cm³/mol. The van der Waals surface area contributed by atoms with Gasteiger partial charge < -0.3 is 26.2 Å². The second-order valence-corrected chi connectivity index (χ2v) is 11.2. The van der Waals surface area contributed by atoms with E-state index >= 15 is 0 Å². The van der Waals surface area contributed by atoms with Crippen LogP contribution in [0, 0.1) is 18.8 Å². The molecule has 0 aromatic heterocycles. The van der Waals surface area contributed by atoms with Gasteiger partial charge in [-0.15, -0.1) is 0 Å². The van der Waals surface area contributed by atoms with Crippen molar-refractivity contribution in [1.82, 2.24) is 4.90 Å². The van der Waals surface area contributed by atoms with Gasteiger partial charge in [0.1, 0.15) is 22.8 Å². The van der Waals surface area contributed by atoms with Gasteiger partial charge in [0.25, 0.3) is 5.91 Å². The number of aryl methyl sites for hydroxylation is 1.